The lowest BCUT2D eigenvalue weighted by molar-refractivity contribution is 0.690. The number of nitrogens with two attached hydrogens (primary N) is 1. The summed E-state index contributed by atoms with van der Waals surface area (Å²) in [5.41, 5.74) is 9.53. The highest BCUT2D eigenvalue weighted by Gasteiger charge is 2.15. The van der Waals surface area contributed by atoms with Crippen LogP contribution in [0.5, 0.6) is 0 Å². The minimum absolute atomic E-state index is 0.787. The summed E-state index contributed by atoms with van der Waals surface area (Å²) >= 11 is 0. The maximum Gasteiger partial charge on any atom is 0.131 e. The molecule has 0 saturated heterocycles. The molecule has 2 aromatic rings. The van der Waals surface area contributed by atoms with Gasteiger partial charge in [0.2, 0.25) is 0 Å². The van der Waals surface area contributed by atoms with Gasteiger partial charge in [-0.05, 0) is 25.8 Å². The van der Waals surface area contributed by atoms with Crippen molar-refractivity contribution < 1.29 is 0 Å². The summed E-state index contributed by atoms with van der Waals surface area (Å²) in [7, 11) is 0. The number of aryl methyl sites for hydroxylation is 2. The molecule has 18 heavy (non-hydrogen) atoms. The first-order chi connectivity index (χ1) is 8.69. The van der Waals surface area contributed by atoms with E-state index in [4.69, 9.17) is 10.7 Å². The van der Waals surface area contributed by atoms with Crippen molar-refractivity contribution in [2.75, 3.05) is 5.73 Å². The largest absolute Gasteiger partial charge is 0.383 e. The number of benzene rings is 1. The van der Waals surface area contributed by atoms with Crippen LogP contribution in [0.2, 0.25) is 0 Å². The van der Waals surface area contributed by atoms with Gasteiger partial charge >= 0.3 is 0 Å². The summed E-state index contributed by atoms with van der Waals surface area (Å²) in [5.74, 6) is 1.88. The van der Waals surface area contributed by atoms with E-state index in [1.54, 1.807) is 0 Å². The number of nitrogen functional groups attached to an aromatic ring is 1. The molecular formula is C15H21N3. The van der Waals surface area contributed by atoms with E-state index >= 15 is 0 Å². The van der Waals surface area contributed by atoms with Crippen LogP contribution in [-0.4, -0.2) is 9.55 Å². The highest BCUT2D eigenvalue weighted by molar-refractivity contribution is 5.73. The Kier molecular flexibility index (Phi) is 3.70. The summed E-state index contributed by atoms with van der Waals surface area (Å²) in [5, 5.41) is 0. The molecule has 2 rings (SSSR count). The zero-order chi connectivity index (χ0) is 13.1. The van der Waals surface area contributed by atoms with Crippen molar-refractivity contribution >= 4 is 5.82 Å². The summed E-state index contributed by atoms with van der Waals surface area (Å²) in [6, 6.07) is 8.26. The third kappa shape index (κ3) is 2.13. The van der Waals surface area contributed by atoms with Gasteiger partial charge in [0.15, 0.2) is 0 Å². The minimum Gasteiger partial charge on any atom is -0.383 e. The maximum atomic E-state index is 6.25. The van der Waals surface area contributed by atoms with Gasteiger partial charge in [-0.2, -0.15) is 0 Å². The summed E-state index contributed by atoms with van der Waals surface area (Å²) < 4.78 is 2.12. The molecule has 1 aromatic carbocycles. The summed E-state index contributed by atoms with van der Waals surface area (Å²) in [6.45, 7) is 7.25. The highest BCUT2D eigenvalue weighted by atomic mass is 15.1. The molecule has 2 N–H and O–H groups in total. The van der Waals surface area contributed by atoms with Crippen LogP contribution < -0.4 is 5.73 Å². The summed E-state index contributed by atoms with van der Waals surface area (Å²) in [4.78, 5) is 4.74. The second-order valence-electron chi connectivity index (χ2n) is 4.57. The Labute approximate surface area is 109 Å². The topological polar surface area (TPSA) is 43.8 Å². The van der Waals surface area contributed by atoms with Crippen LogP contribution in [-0.2, 0) is 13.0 Å². The average Bonchev–Trinajstić information content (AvgIpc) is 2.67. The van der Waals surface area contributed by atoms with Gasteiger partial charge in [0.1, 0.15) is 17.3 Å². The van der Waals surface area contributed by atoms with E-state index in [1.807, 2.05) is 12.1 Å². The molecule has 1 aromatic heterocycles. The quantitative estimate of drug-likeness (QED) is 0.894. The zero-order valence-electron chi connectivity index (χ0n) is 11.4. The lowest BCUT2D eigenvalue weighted by Gasteiger charge is -2.06. The zero-order valence-corrected chi connectivity index (χ0v) is 11.4. The van der Waals surface area contributed by atoms with E-state index in [0.717, 1.165) is 42.3 Å². The standard InChI is InChI=1S/C15H21N3/c1-4-8-13-17-14(15(16)18(13)5-2)12-10-7-6-9-11(12)3/h6-7,9-10H,4-5,8,16H2,1-3H3. The molecule has 0 bridgehead atoms. The van der Waals surface area contributed by atoms with Gasteiger partial charge in [-0.3, -0.25) is 0 Å². The van der Waals surface area contributed by atoms with Crippen LogP contribution in [0.3, 0.4) is 0 Å². The van der Waals surface area contributed by atoms with Crippen LogP contribution in [0.25, 0.3) is 11.3 Å². The molecule has 0 aliphatic rings. The molecule has 0 radical (unpaired) electrons. The molecule has 0 atom stereocenters. The average molecular weight is 243 g/mol. The molecule has 3 nitrogen and oxygen atoms in total. The normalized spacial score (nSPS) is 10.8. The first kappa shape index (κ1) is 12.7. The second kappa shape index (κ2) is 5.25. The van der Waals surface area contributed by atoms with Crippen molar-refractivity contribution in [3.05, 3.63) is 35.7 Å². The van der Waals surface area contributed by atoms with Crippen LogP contribution in [0.4, 0.5) is 5.82 Å². The molecule has 0 fully saturated rings. The van der Waals surface area contributed by atoms with Crippen LogP contribution >= 0.6 is 0 Å². The molecule has 96 valence electrons. The van der Waals surface area contributed by atoms with Crippen LogP contribution in [0.1, 0.15) is 31.7 Å². The van der Waals surface area contributed by atoms with E-state index < -0.39 is 0 Å². The van der Waals surface area contributed by atoms with Crippen molar-refractivity contribution in [2.45, 2.75) is 40.2 Å². The number of rotatable bonds is 4. The smallest absolute Gasteiger partial charge is 0.131 e. The first-order valence-electron chi connectivity index (χ1n) is 6.59. The fourth-order valence-corrected chi connectivity index (χ4v) is 2.32. The molecule has 3 heteroatoms. The van der Waals surface area contributed by atoms with Crippen LogP contribution in [0.15, 0.2) is 24.3 Å². The van der Waals surface area contributed by atoms with E-state index in [0.29, 0.717) is 0 Å². The Balaban J connectivity index is 2.55. The molecule has 0 aliphatic carbocycles. The lowest BCUT2D eigenvalue weighted by atomic mass is 10.1. The molecule has 1 heterocycles. The first-order valence-corrected chi connectivity index (χ1v) is 6.59. The molecule has 0 aliphatic heterocycles. The number of hydrogen-bond acceptors (Lipinski definition) is 2. The summed E-state index contributed by atoms with van der Waals surface area (Å²) in [6.07, 6.45) is 2.06. The molecule has 0 saturated carbocycles. The predicted molar refractivity (Wildman–Crippen MR) is 76.5 cm³/mol. The van der Waals surface area contributed by atoms with Gasteiger partial charge in [0.05, 0.1) is 0 Å². The van der Waals surface area contributed by atoms with Crippen molar-refractivity contribution in [3.8, 4) is 11.3 Å². The third-order valence-electron chi connectivity index (χ3n) is 3.28. The van der Waals surface area contributed by atoms with Gasteiger partial charge in [-0.25, -0.2) is 4.98 Å². The van der Waals surface area contributed by atoms with Gasteiger partial charge in [0.25, 0.3) is 0 Å². The fourth-order valence-electron chi connectivity index (χ4n) is 2.32. The SMILES string of the molecule is CCCc1nc(-c2ccccc2C)c(N)n1CC. The second-order valence-corrected chi connectivity index (χ2v) is 4.57. The van der Waals surface area contributed by atoms with Gasteiger partial charge < -0.3 is 10.3 Å². The van der Waals surface area contributed by atoms with Gasteiger partial charge in [-0.1, -0.05) is 31.2 Å². The number of anilines is 1. The monoisotopic (exact) mass is 243 g/mol. The Bertz CT molecular complexity index is 541. The van der Waals surface area contributed by atoms with Gasteiger partial charge in [-0.15, -0.1) is 0 Å². The molecule has 0 spiro atoms. The molecular weight excluding hydrogens is 222 g/mol. The lowest BCUT2D eigenvalue weighted by Crippen LogP contribution is -2.05. The van der Waals surface area contributed by atoms with Gasteiger partial charge in [0, 0.05) is 18.5 Å². The molecule has 0 amide bonds. The Hall–Kier alpha value is -1.77. The third-order valence-corrected chi connectivity index (χ3v) is 3.28. The van der Waals surface area contributed by atoms with E-state index in [9.17, 15) is 0 Å². The van der Waals surface area contributed by atoms with E-state index in [1.165, 1.54) is 5.56 Å². The van der Waals surface area contributed by atoms with E-state index in [-0.39, 0.29) is 0 Å². The predicted octanol–water partition coefficient (Wildman–Crippen LogP) is 3.41. The minimum atomic E-state index is 0.787. The highest BCUT2D eigenvalue weighted by Crippen LogP contribution is 2.29. The van der Waals surface area contributed by atoms with Crippen molar-refractivity contribution in [1.82, 2.24) is 9.55 Å². The van der Waals surface area contributed by atoms with Crippen molar-refractivity contribution in [3.63, 3.8) is 0 Å². The molecule has 0 unspecified atom stereocenters. The maximum absolute atomic E-state index is 6.25. The fraction of sp³-hybridized carbons (Fsp3) is 0.400. The van der Waals surface area contributed by atoms with Crippen molar-refractivity contribution in [1.29, 1.82) is 0 Å². The van der Waals surface area contributed by atoms with Crippen LogP contribution in [0, 0.1) is 6.92 Å². The Morgan fingerprint density at radius 1 is 1.22 bits per heavy atom. The number of aromatic nitrogens is 2. The Morgan fingerprint density at radius 2 is 1.94 bits per heavy atom. The van der Waals surface area contributed by atoms with Crippen molar-refractivity contribution in [2.24, 2.45) is 0 Å². The number of nitrogens with zero attached hydrogens (tertiary/aromatic N) is 2. The number of hydrogen-bond donors (Lipinski definition) is 1. The Morgan fingerprint density at radius 3 is 2.56 bits per heavy atom. The van der Waals surface area contributed by atoms with E-state index in [2.05, 4.69) is 37.5 Å². The number of imidazole rings is 1.